The lowest BCUT2D eigenvalue weighted by Gasteiger charge is -2.13. The summed E-state index contributed by atoms with van der Waals surface area (Å²) in [5.74, 6) is 0.553. The van der Waals surface area contributed by atoms with Gasteiger partial charge in [0.2, 0.25) is 5.91 Å². The quantitative estimate of drug-likeness (QED) is 0.397. The summed E-state index contributed by atoms with van der Waals surface area (Å²) >= 11 is 5.30. The average Bonchev–Trinajstić information content (AvgIpc) is 3.68. The highest BCUT2D eigenvalue weighted by molar-refractivity contribution is 7.80. The highest BCUT2D eigenvalue weighted by Crippen LogP contribution is 2.31. The van der Waals surface area contributed by atoms with Crippen molar-refractivity contribution in [2.45, 2.75) is 26.2 Å². The molecule has 0 bridgehead atoms. The summed E-state index contributed by atoms with van der Waals surface area (Å²) in [7, 11) is 0. The van der Waals surface area contributed by atoms with Gasteiger partial charge in [0.1, 0.15) is 5.75 Å². The first kappa shape index (κ1) is 23.4. The van der Waals surface area contributed by atoms with Gasteiger partial charge in [-0.15, -0.1) is 0 Å². The van der Waals surface area contributed by atoms with E-state index in [-0.39, 0.29) is 22.8 Å². The van der Waals surface area contributed by atoms with Gasteiger partial charge in [-0.25, -0.2) is 0 Å². The molecule has 7 heteroatoms. The van der Waals surface area contributed by atoms with Crippen LogP contribution in [0.5, 0.6) is 5.75 Å². The molecule has 0 aromatic heterocycles. The maximum Gasteiger partial charge on any atom is 0.257 e. The fraction of sp³-hybridized carbons (Fsp3) is 0.222. The number of hydrogen-bond donors (Lipinski definition) is 3. The minimum atomic E-state index is -0.317. The maximum absolute atomic E-state index is 12.6. The first-order valence-electron chi connectivity index (χ1n) is 11.3. The van der Waals surface area contributed by atoms with Crippen LogP contribution in [0.25, 0.3) is 0 Å². The van der Waals surface area contributed by atoms with Gasteiger partial charge >= 0.3 is 0 Å². The molecule has 0 aliphatic heterocycles. The minimum absolute atomic E-state index is 0.0450. The molecule has 0 spiro atoms. The molecule has 2 amide bonds. The van der Waals surface area contributed by atoms with Gasteiger partial charge in [0, 0.05) is 29.3 Å². The van der Waals surface area contributed by atoms with Crippen LogP contribution in [0, 0.1) is 12.8 Å². The van der Waals surface area contributed by atoms with Crippen LogP contribution in [0.1, 0.15) is 34.3 Å². The molecule has 3 aromatic carbocycles. The second kappa shape index (κ2) is 10.9. The lowest BCUT2D eigenvalue weighted by atomic mass is 10.1. The van der Waals surface area contributed by atoms with Crippen molar-refractivity contribution in [2.75, 3.05) is 17.2 Å². The van der Waals surface area contributed by atoms with Crippen molar-refractivity contribution < 1.29 is 14.3 Å². The Bertz CT molecular complexity index is 1180. The van der Waals surface area contributed by atoms with Crippen LogP contribution in [-0.4, -0.2) is 23.5 Å². The molecule has 6 nitrogen and oxygen atoms in total. The lowest BCUT2D eigenvalue weighted by Crippen LogP contribution is -2.34. The highest BCUT2D eigenvalue weighted by Gasteiger charge is 2.29. The van der Waals surface area contributed by atoms with Gasteiger partial charge < -0.3 is 15.4 Å². The van der Waals surface area contributed by atoms with Gasteiger partial charge in [-0.3, -0.25) is 14.9 Å². The van der Waals surface area contributed by atoms with Crippen molar-refractivity contribution in [1.82, 2.24) is 5.32 Å². The minimum Gasteiger partial charge on any atom is -0.493 e. The van der Waals surface area contributed by atoms with E-state index in [1.807, 2.05) is 43.3 Å². The lowest BCUT2D eigenvalue weighted by molar-refractivity contribution is -0.117. The fourth-order valence-electron chi connectivity index (χ4n) is 3.39. The van der Waals surface area contributed by atoms with E-state index in [2.05, 4.69) is 28.1 Å². The molecule has 34 heavy (non-hydrogen) atoms. The third-order valence-corrected chi connectivity index (χ3v) is 5.75. The van der Waals surface area contributed by atoms with Gasteiger partial charge in [0.15, 0.2) is 5.11 Å². The average molecular weight is 474 g/mol. The Morgan fingerprint density at radius 1 is 0.971 bits per heavy atom. The summed E-state index contributed by atoms with van der Waals surface area (Å²) < 4.78 is 5.77. The second-order valence-corrected chi connectivity index (χ2v) is 8.72. The van der Waals surface area contributed by atoms with Gasteiger partial charge in [-0.1, -0.05) is 36.4 Å². The first-order valence-corrected chi connectivity index (χ1v) is 11.7. The van der Waals surface area contributed by atoms with Crippen molar-refractivity contribution in [2.24, 2.45) is 5.92 Å². The zero-order chi connectivity index (χ0) is 23.9. The summed E-state index contributed by atoms with van der Waals surface area (Å²) in [6.07, 6.45) is 2.70. The number of amides is 2. The third kappa shape index (κ3) is 6.65. The molecule has 0 radical (unpaired) electrons. The number of anilines is 2. The summed E-state index contributed by atoms with van der Waals surface area (Å²) in [5, 5.41) is 8.83. The smallest absolute Gasteiger partial charge is 0.257 e. The molecule has 0 atom stereocenters. The Morgan fingerprint density at radius 2 is 1.71 bits per heavy atom. The molecule has 3 aromatic rings. The molecule has 0 unspecified atom stereocenters. The van der Waals surface area contributed by atoms with Gasteiger partial charge in [0.25, 0.3) is 5.91 Å². The van der Waals surface area contributed by atoms with E-state index >= 15 is 0 Å². The predicted molar refractivity (Wildman–Crippen MR) is 138 cm³/mol. The van der Waals surface area contributed by atoms with Crippen LogP contribution in [0.4, 0.5) is 11.4 Å². The monoisotopic (exact) mass is 473 g/mol. The van der Waals surface area contributed by atoms with Crippen LogP contribution in [0.2, 0.25) is 0 Å². The Balaban J connectivity index is 1.27. The topological polar surface area (TPSA) is 79.5 Å². The number of carbonyl (C=O) groups is 2. The Morgan fingerprint density at radius 3 is 2.41 bits per heavy atom. The van der Waals surface area contributed by atoms with Crippen molar-refractivity contribution in [1.29, 1.82) is 0 Å². The third-order valence-electron chi connectivity index (χ3n) is 5.55. The number of aryl methyl sites for hydroxylation is 1. The van der Waals surface area contributed by atoms with E-state index in [4.69, 9.17) is 17.0 Å². The van der Waals surface area contributed by atoms with Crippen molar-refractivity contribution in [3.05, 3.63) is 89.5 Å². The predicted octanol–water partition coefficient (Wildman–Crippen LogP) is 5.09. The number of nitrogens with one attached hydrogen (secondary N) is 3. The van der Waals surface area contributed by atoms with E-state index in [0.29, 0.717) is 23.6 Å². The fourth-order valence-corrected chi connectivity index (χ4v) is 3.60. The number of benzene rings is 3. The molecular formula is C27H27N3O3S. The number of thiocarbonyl (C=S) groups is 1. The summed E-state index contributed by atoms with van der Waals surface area (Å²) in [6.45, 7) is 2.49. The Hall–Kier alpha value is -3.71. The highest BCUT2D eigenvalue weighted by atomic mass is 32.1. The molecular weight excluding hydrogens is 446 g/mol. The summed E-state index contributed by atoms with van der Waals surface area (Å²) in [5.41, 5.74) is 4.06. The Kier molecular flexibility index (Phi) is 7.54. The van der Waals surface area contributed by atoms with E-state index in [9.17, 15) is 9.59 Å². The van der Waals surface area contributed by atoms with Crippen LogP contribution in [0.15, 0.2) is 72.8 Å². The van der Waals surface area contributed by atoms with Gasteiger partial charge in [0.05, 0.1) is 6.61 Å². The molecule has 0 saturated heterocycles. The van der Waals surface area contributed by atoms with E-state index in [1.165, 1.54) is 5.56 Å². The van der Waals surface area contributed by atoms with Crippen LogP contribution < -0.4 is 20.7 Å². The van der Waals surface area contributed by atoms with E-state index in [0.717, 1.165) is 30.5 Å². The molecule has 174 valence electrons. The van der Waals surface area contributed by atoms with Crippen molar-refractivity contribution in [3.8, 4) is 5.75 Å². The normalized spacial score (nSPS) is 12.5. The molecule has 3 N–H and O–H groups in total. The zero-order valence-electron chi connectivity index (χ0n) is 19.0. The van der Waals surface area contributed by atoms with Crippen LogP contribution in [-0.2, 0) is 11.2 Å². The largest absolute Gasteiger partial charge is 0.493 e. The number of rotatable bonds is 8. The van der Waals surface area contributed by atoms with Gasteiger partial charge in [-0.2, -0.15) is 0 Å². The standard InChI is InChI=1S/C27H27N3O3S/c1-18-7-12-22(17-24(18)29-25(31)20-8-9-20)28-27(34)30-26(32)21-10-13-23(14-11-21)33-16-15-19-5-3-2-4-6-19/h2-7,10-14,17,20H,8-9,15-16H2,1H3,(H,29,31)(H2,28,30,32,34). The molecule has 1 aliphatic carbocycles. The summed E-state index contributed by atoms with van der Waals surface area (Å²) in [4.78, 5) is 24.7. The molecule has 1 fully saturated rings. The van der Waals surface area contributed by atoms with E-state index in [1.54, 1.807) is 24.3 Å². The first-order chi connectivity index (χ1) is 16.5. The molecule has 4 rings (SSSR count). The number of ether oxygens (including phenoxy) is 1. The van der Waals surface area contributed by atoms with E-state index < -0.39 is 0 Å². The molecule has 1 aliphatic rings. The number of carbonyl (C=O) groups excluding carboxylic acids is 2. The number of hydrogen-bond acceptors (Lipinski definition) is 4. The molecule has 0 heterocycles. The maximum atomic E-state index is 12.6. The van der Waals surface area contributed by atoms with Crippen LogP contribution >= 0.6 is 12.2 Å². The Labute approximate surface area is 204 Å². The zero-order valence-corrected chi connectivity index (χ0v) is 19.8. The van der Waals surface area contributed by atoms with Gasteiger partial charge in [-0.05, 0) is 79.5 Å². The molecule has 1 saturated carbocycles. The second-order valence-electron chi connectivity index (χ2n) is 8.31. The summed E-state index contributed by atoms with van der Waals surface area (Å²) in [6, 6.07) is 22.6. The van der Waals surface area contributed by atoms with Crippen molar-refractivity contribution in [3.63, 3.8) is 0 Å². The van der Waals surface area contributed by atoms with Crippen LogP contribution in [0.3, 0.4) is 0 Å². The van der Waals surface area contributed by atoms with Crippen molar-refractivity contribution >= 4 is 40.5 Å². The SMILES string of the molecule is Cc1ccc(NC(=S)NC(=O)c2ccc(OCCc3ccccc3)cc2)cc1NC(=O)C1CC1.